The number of nitrogens with one attached hydrogen (secondary N) is 3. The molecule has 3 heterocycles. The Hall–Kier alpha value is -0.660. The highest BCUT2D eigenvalue weighted by Crippen LogP contribution is 2.23. The van der Waals surface area contributed by atoms with Crippen molar-refractivity contribution in [2.24, 2.45) is 0 Å². The van der Waals surface area contributed by atoms with Crippen LogP contribution in [0.3, 0.4) is 0 Å². The molecule has 0 saturated carbocycles. The number of carbonyl (C=O) groups excluding carboxylic acids is 1. The summed E-state index contributed by atoms with van der Waals surface area (Å²) in [6.07, 6.45) is 0.921. The first kappa shape index (κ1) is 13.3. The van der Waals surface area contributed by atoms with Crippen molar-refractivity contribution in [2.75, 3.05) is 30.3 Å². The van der Waals surface area contributed by atoms with Gasteiger partial charge in [-0.2, -0.15) is 28.6 Å². The zero-order valence-corrected chi connectivity index (χ0v) is 12.3. The second-order valence-corrected chi connectivity index (χ2v) is 7.29. The molecule has 0 aromatic carbocycles. The van der Waals surface area contributed by atoms with Gasteiger partial charge in [0.25, 0.3) is 5.91 Å². The van der Waals surface area contributed by atoms with Crippen molar-refractivity contribution < 1.29 is 4.79 Å². The fourth-order valence-corrected chi connectivity index (χ4v) is 4.97. The highest BCUT2D eigenvalue weighted by molar-refractivity contribution is 8.06. The lowest BCUT2D eigenvalue weighted by Crippen LogP contribution is -2.34. The Kier molecular flexibility index (Phi) is 4.35. The SMILES string of the molecule is O=C(NCC1CSCCS1)c1n[nH]c2c1CNCC2. The van der Waals surface area contributed by atoms with Crippen LogP contribution in [0.5, 0.6) is 0 Å². The molecule has 0 aliphatic carbocycles. The van der Waals surface area contributed by atoms with E-state index in [1.807, 2.05) is 23.5 Å². The van der Waals surface area contributed by atoms with Crippen molar-refractivity contribution in [3.05, 3.63) is 17.0 Å². The van der Waals surface area contributed by atoms with Gasteiger partial charge in [-0.3, -0.25) is 9.89 Å². The van der Waals surface area contributed by atoms with E-state index < -0.39 is 0 Å². The van der Waals surface area contributed by atoms with Crippen molar-refractivity contribution in [1.82, 2.24) is 20.8 Å². The molecule has 2 aliphatic rings. The summed E-state index contributed by atoms with van der Waals surface area (Å²) in [4.78, 5) is 12.2. The monoisotopic (exact) mass is 298 g/mol. The van der Waals surface area contributed by atoms with Crippen LogP contribution in [-0.2, 0) is 13.0 Å². The Bertz CT molecular complexity index is 457. The van der Waals surface area contributed by atoms with Gasteiger partial charge in [-0.1, -0.05) is 0 Å². The van der Waals surface area contributed by atoms with Crippen molar-refractivity contribution in [1.29, 1.82) is 0 Å². The Balaban J connectivity index is 1.59. The van der Waals surface area contributed by atoms with Crippen molar-refractivity contribution in [3.63, 3.8) is 0 Å². The van der Waals surface area contributed by atoms with Crippen LogP contribution in [-0.4, -0.2) is 51.7 Å². The summed E-state index contributed by atoms with van der Waals surface area (Å²) in [5.74, 6) is 3.50. The van der Waals surface area contributed by atoms with E-state index in [-0.39, 0.29) is 5.91 Å². The highest BCUT2D eigenvalue weighted by Gasteiger charge is 2.22. The number of aromatic nitrogens is 2. The van der Waals surface area contributed by atoms with E-state index in [4.69, 9.17) is 0 Å². The molecule has 104 valence electrons. The molecule has 19 heavy (non-hydrogen) atoms. The number of thioether (sulfide) groups is 2. The first-order valence-corrected chi connectivity index (χ1v) is 8.79. The normalized spacial score (nSPS) is 22.8. The highest BCUT2D eigenvalue weighted by atomic mass is 32.2. The van der Waals surface area contributed by atoms with Crippen LogP contribution in [0.4, 0.5) is 0 Å². The topological polar surface area (TPSA) is 69.8 Å². The number of carbonyl (C=O) groups is 1. The van der Waals surface area contributed by atoms with Gasteiger partial charge in [0.05, 0.1) is 0 Å². The summed E-state index contributed by atoms with van der Waals surface area (Å²) in [6.45, 7) is 2.43. The van der Waals surface area contributed by atoms with Gasteiger partial charge < -0.3 is 10.6 Å². The van der Waals surface area contributed by atoms with Gasteiger partial charge >= 0.3 is 0 Å². The molecule has 1 aromatic rings. The molecule has 3 N–H and O–H groups in total. The first-order valence-electron chi connectivity index (χ1n) is 6.59. The zero-order chi connectivity index (χ0) is 13.1. The molecule has 5 nitrogen and oxygen atoms in total. The standard InChI is InChI=1S/C12H18N4OS2/c17-12(14-5-8-7-18-3-4-19-8)11-9-6-13-2-1-10(9)15-16-11/h8,13H,1-7H2,(H,14,17)(H,15,16). The Morgan fingerprint density at radius 2 is 2.42 bits per heavy atom. The number of aromatic amines is 1. The third kappa shape index (κ3) is 3.09. The largest absolute Gasteiger partial charge is 0.349 e. The summed E-state index contributed by atoms with van der Waals surface area (Å²) in [5.41, 5.74) is 2.71. The lowest BCUT2D eigenvalue weighted by molar-refractivity contribution is 0.0948. The molecule has 1 fully saturated rings. The second-order valence-electron chi connectivity index (χ2n) is 4.73. The molecule has 2 aliphatic heterocycles. The minimum absolute atomic E-state index is 0.0441. The van der Waals surface area contributed by atoms with Crippen LogP contribution in [0.25, 0.3) is 0 Å². The van der Waals surface area contributed by atoms with E-state index in [2.05, 4.69) is 20.8 Å². The quantitative estimate of drug-likeness (QED) is 0.764. The number of nitrogens with zero attached hydrogens (tertiary/aromatic N) is 1. The van der Waals surface area contributed by atoms with Crippen LogP contribution in [0.1, 0.15) is 21.7 Å². The molecule has 1 aromatic heterocycles. The minimum atomic E-state index is -0.0441. The smallest absolute Gasteiger partial charge is 0.272 e. The molecule has 1 unspecified atom stereocenters. The number of fused-ring (bicyclic) bond motifs is 1. The predicted molar refractivity (Wildman–Crippen MR) is 79.9 cm³/mol. The maximum atomic E-state index is 12.2. The lowest BCUT2D eigenvalue weighted by Gasteiger charge is -2.21. The van der Waals surface area contributed by atoms with Gasteiger partial charge in [0, 0.05) is 59.8 Å². The molecule has 1 amide bonds. The van der Waals surface area contributed by atoms with Crippen molar-refractivity contribution in [3.8, 4) is 0 Å². The summed E-state index contributed by atoms with van der Waals surface area (Å²) in [7, 11) is 0. The number of hydrogen-bond acceptors (Lipinski definition) is 5. The average Bonchev–Trinajstić information content (AvgIpc) is 2.90. The Morgan fingerprint density at radius 3 is 3.26 bits per heavy atom. The fourth-order valence-electron chi connectivity index (χ4n) is 2.36. The Morgan fingerprint density at radius 1 is 1.47 bits per heavy atom. The van der Waals surface area contributed by atoms with Crippen LogP contribution < -0.4 is 10.6 Å². The summed E-state index contributed by atoms with van der Waals surface area (Å²) < 4.78 is 0. The Labute approximate surface area is 121 Å². The van der Waals surface area contributed by atoms with E-state index in [9.17, 15) is 4.79 Å². The summed E-state index contributed by atoms with van der Waals surface area (Å²) >= 11 is 3.93. The summed E-state index contributed by atoms with van der Waals surface area (Å²) in [5, 5.41) is 14.0. The number of H-pyrrole nitrogens is 1. The second kappa shape index (κ2) is 6.19. The van der Waals surface area contributed by atoms with Gasteiger partial charge in [0.1, 0.15) is 0 Å². The maximum absolute atomic E-state index is 12.2. The van der Waals surface area contributed by atoms with Crippen LogP contribution in [0.15, 0.2) is 0 Å². The minimum Gasteiger partial charge on any atom is -0.349 e. The average molecular weight is 298 g/mol. The molecule has 0 radical (unpaired) electrons. The third-order valence-electron chi connectivity index (χ3n) is 3.40. The van der Waals surface area contributed by atoms with E-state index in [0.717, 1.165) is 43.1 Å². The zero-order valence-electron chi connectivity index (χ0n) is 10.7. The molecule has 1 atom stereocenters. The molecule has 0 bridgehead atoms. The molecular weight excluding hydrogens is 280 g/mol. The number of hydrogen-bond donors (Lipinski definition) is 3. The fraction of sp³-hybridized carbons (Fsp3) is 0.667. The number of rotatable bonds is 3. The molecule has 1 saturated heterocycles. The molecular formula is C12H18N4OS2. The van der Waals surface area contributed by atoms with Crippen LogP contribution in [0.2, 0.25) is 0 Å². The van der Waals surface area contributed by atoms with Crippen molar-refractivity contribution in [2.45, 2.75) is 18.2 Å². The van der Waals surface area contributed by atoms with E-state index in [1.165, 1.54) is 11.5 Å². The molecule has 0 spiro atoms. The van der Waals surface area contributed by atoms with E-state index in [1.54, 1.807) is 0 Å². The van der Waals surface area contributed by atoms with Crippen LogP contribution in [0, 0.1) is 0 Å². The van der Waals surface area contributed by atoms with Gasteiger partial charge in [-0.25, -0.2) is 0 Å². The van der Waals surface area contributed by atoms with Gasteiger partial charge in [0.2, 0.25) is 0 Å². The summed E-state index contributed by atoms with van der Waals surface area (Å²) in [6, 6.07) is 0. The van der Waals surface area contributed by atoms with E-state index in [0.29, 0.717) is 10.9 Å². The van der Waals surface area contributed by atoms with Crippen LogP contribution >= 0.6 is 23.5 Å². The van der Waals surface area contributed by atoms with Gasteiger partial charge in [0.15, 0.2) is 5.69 Å². The number of amides is 1. The predicted octanol–water partition coefficient (Wildman–Crippen LogP) is 0.634. The van der Waals surface area contributed by atoms with Gasteiger partial charge in [-0.05, 0) is 0 Å². The van der Waals surface area contributed by atoms with Crippen molar-refractivity contribution >= 4 is 29.4 Å². The third-order valence-corrected chi connectivity index (χ3v) is 6.24. The first-order chi connectivity index (χ1) is 9.34. The van der Waals surface area contributed by atoms with E-state index >= 15 is 0 Å². The maximum Gasteiger partial charge on any atom is 0.272 e. The lowest BCUT2D eigenvalue weighted by atomic mass is 10.1. The van der Waals surface area contributed by atoms with Gasteiger partial charge in [-0.15, -0.1) is 0 Å². The molecule has 7 heteroatoms. The molecule has 3 rings (SSSR count).